The summed E-state index contributed by atoms with van der Waals surface area (Å²) in [7, 11) is -3.89. The molecule has 0 aromatic heterocycles. The highest BCUT2D eigenvalue weighted by atomic mass is 35.5. The fourth-order valence-corrected chi connectivity index (χ4v) is 6.02. The fraction of sp³-hybridized carbons (Fsp3) is 0.481. The van der Waals surface area contributed by atoms with Gasteiger partial charge in [-0.15, -0.1) is 0 Å². The highest BCUT2D eigenvalue weighted by molar-refractivity contribution is 7.92. The third-order valence-electron chi connectivity index (χ3n) is 6.70. The predicted molar refractivity (Wildman–Crippen MR) is 150 cm³/mol. The van der Waals surface area contributed by atoms with Crippen LogP contribution >= 0.6 is 23.2 Å². The number of hydrogen-bond acceptors (Lipinski definition) is 4. The molecule has 1 aliphatic rings. The van der Waals surface area contributed by atoms with Crippen molar-refractivity contribution < 1.29 is 18.0 Å². The van der Waals surface area contributed by atoms with Gasteiger partial charge in [-0.2, -0.15) is 0 Å². The molecule has 0 heterocycles. The highest BCUT2D eigenvalue weighted by Crippen LogP contribution is 2.33. The van der Waals surface area contributed by atoms with Gasteiger partial charge in [0, 0.05) is 12.6 Å². The molecule has 2 amide bonds. The molecule has 2 aromatic rings. The average Bonchev–Trinajstić information content (AvgIpc) is 2.87. The van der Waals surface area contributed by atoms with Crippen molar-refractivity contribution in [1.82, 2.24) is 10.2 Å². The van der Waals surface area contributed by atoms with E-state index in [0.717, 1.165) is 41.8 Å². The molecule has 7 nitrogen and oxygen atoms in total. The summed E-state index contributed by atoms with van der Waals surface area (Å²) in [6.45, 7) is 1.62. The van der Waals surface area contributed by atoms with Crippen LogP contribution in [-0.4, -0.2) is 56.6 Å². The van der Waals surface area contributed by atoms with Gasteiger partial charge in [0.15, 0.2) is 0 Å². The number of rotatable bonds is 11. The fourth-order valence-electron chi connectivity index (χ4n) is 4.72. The summed E-state index contributed by atoms with van der Waals surface area (Å²) in [5.74, 6) is -0.689. The van der Waals surface area contributed by atoms with Crippen LogP contribution in [0.1, 0.15) is 51.0 Å². The maximum atomic E-state index is 13.8. The molecule has 0 radical (unpaired) electrons. The minimum absolute atomic E-state index is 0.0420. The Morgan fingerprint density at radius 3 is 2.32 bits per heavy atom. The molecule has 1 atom stereocenters. The molecule has 0 saturated heterocycles. The van der Waals surface area contributed by atoms with Gasteiger partial charge in [-0.3, -0.25) is 13.9 Å². The number of nitrogens with zero attached hydrogens (tertiary/aromatic N) is 2. The van der Waals surface area contributed by atoms with Gasteiger partial charge in [0.05, 0.1) is 22.0 Å². The van der Waals surface area contributed by atoms with Crippen molar-refractivity contribution in [1.29, 1.82) is 0 Å². The Morgan fingerprint density at radius 2 is 1.70 bits per heavy atom. The van der Waals surface area contributed by atoms with E-state index in [1.807, 2.05) is 37.3 Å². The molecule has 10 heteroatoms. The summed E-state index contributed by atoms with van der Waals surface area (Å²) in [5.41, 5.74) is 1.13. The lowest BCUT2D eigenvalue weighted by atomic mass is 9.95. The van der Waals surface area contributed by atoms with E-state index in [2.05, 4.69) is 5.32 Å². The van der Waals surface area contributed by atoms with Gasteiger partial charge in [-0.1, -0.05) is 85.8 Å². The van der Waals surface area contributed by atoms with Gasteiger partial charge in [-0.05, 0) is 43.4 Å². The quantitative estimate of drug-likeness (QED) is 0.411. The van der Waals surface area contributed by atoms with Gasteiger partial charge in [0.1, 0.15) is 12.6 Å². The first-order chi connectivity index (χ1) is 17.6. The van der Waals surface area contributed by atoms with Crippen LogP contribution in [0.3, 0.4) is 0 Å². The van der Waals surface area contributed by atoms with E-state index in [1.165, 1.54) is 17.4 Å². The topological polar surface area (TPSA) is 86.8 Å². The minimum atomic E-state index is -3.89. The molecule has 2 aromatic carbocycles. The molecule has 3 rings (SSSR count). The van der Waals surface area contributed by atoms with E-state index >= 15 is 0 Å². The summed E-state index contributed by atoms with van der Waals surface area (Å²) < 4.78 is 26.4. The first-order valence-corrected chi connectivity index (χ1v) is 15.3. The van der Waals surface area contributed by atoms with E-state index < -0.39 is 28.5 Å². The summed E-state index contributed by atoms with van der Waals surface area (Å²) in [6, 6.07) is 13.7. The Hall–Kier alpha value is -2.29. The van der Waals surface area contributed by atoms with Crippen LogP contribution < -0.4 is 9.62 Å². The van der Waals surface area contributed by atoms with E-state index in [0.29, 0.717) is 12.8 Å². The summed E-state index contributed by atoms with van der Waals surface area (Å²) >= 11 is 12.4. The molecule has 1 saturated carbocycles. The monoisotopic (exact) mass is 567 g/mol. The number of sulfonamides is 1. The summed E-state index contributed by atoms with van der Waals surface area (Å²) in [4.78, 5) is 28.6. The van der Waals surface area contributed by atoms with Crippen molar-refractivity contribution in [3.05, 3.63) is 64.1 Å². The van der Waals surface area contributed by atoms with Crippen molar-refractivity contribution >= 4 is 50.7 Å². The number of carbonyl (C=O) groups is 2. The molecule has 0 bridgehead atoms. The van der Waals surface area contributed by atoms with E-state index in [4.69, 9.17) is 23.2 Å². The molecule has 0 aliphatic heterocycles. The standard InChI is InChI=1S/C27H35Cl2N3O4S/c1-3-23(27(34)30-21-13-8-5-9-14-21)31(18-17-20-11-6-4-7-12-20)25(33)19-32(37(2,35)36)24-16-10-15-22(28)26(24)29/h4,6-7,10-12,15-16,21,23H,3,5,8-9,13-14,17-19H2,1-2H3,(H,30,34). The molecule has 1 unspecified atom stereocenters. The molecule has 1 fully saturated rings. The minimum Gasteiger partial charge on any atom is -0.352 e. The van der Waals surface area contributed by atoms with Crippen molar-refractivity contribution in [2.75, 3.05) is 23.7 Å². The van der Waals surface area contributed by atoms with E-state index in [9.17, 15) is 18.0 Å². The lowest BCUT2D eigenvalue weighted by molar-refractivity contribution is -0.140. The predicted octanol–water partition coefficient (Wildman–Crippen LogP) is 5.06. The second-order valence-corrected chi connectivity index (χ2v) is 12.1. The maximum Gasteiger partial charge on any atom is 0.244 e. The third kappa shape index (κ3) is 8.09. The van der Waals surface area contributed by atoms with Crippen LogP contribution in [0, 0.1) is 0 Å². The number of nitrogens with one attached hydrogen (secondary N) is 1. The first-order valence-electron chi connectivity index (χ1n) is 12.7. The van der Waals surface area contributed by atoms with Crippen LogP contribution in [0.25, 0.3) is 0 Å². The van der Waals surface area contributed by atoms with Gasteiger partial charge in [0.25, 0.3) is 0 Å². The second-order valence-electron chi connectivity index (χ2n) is 9.43. The highest BCUT2D eigenvalue weighted by Gasteiger charge is 2.33. The first kappa shape index (κ1) is 29.3. The molecule has 37 heavy (non-hydrogen) atoms. The SMILES string of the molecule is CCC(C(=O)NC1CCCCC1)N(CCc1ccccc1)C(=O)CN(c1cccc(Cl)c1Cl)S(C)(=O)=O. The number of benzene rings is 2. The number of anilines is 1. The van der Waals surface area contributed by atoms with Gasteiger partial charge >= 0.3 is 0 Å². The van der Waals surface area contributed by atoms with Gasteiger partial charge in [-0.25, -0.2) is 8.42 Å². The largest absolute Gasteiger partial charge is 0.352 e. The van der Waals surface area contributed by atoms with Crippen LogP contribution in [0.5, 0.6) is 0 Å². The van der Waals surface area contributed by atoms with E-state index in [1.54, 1.807) is 12.1 Å². The lowest BCUT2D eigenvalue weighted by Gasteiger charge is -2.34. The Balaban J connectivity index is 1.89. The number of amides is 2. The second kappa shape index (κ2) is 13.5. The zero-order valence-electron chi connectivity index (χ0n) is 21.3. The zero-order valence-corrected chi connectivity index (χ0v) is 23.7. The Morgan fingerprint density at radius 1 is 1.03 bits per heavy atom. The third-order valence-corrected chi connectivity index (χ3v) is 8.64. The number of hydrogen-bond donors (Lipinski definition) is 1. The van der Waals surface area contributed by atoms with Crippen molar-refractivity contribution in [2.45, 2.75) is 64.0 Å². The molecule has 0 spiro atoms. The smallest absolute Gasteiger partial charge is 0.244 e. The molecular weight excluding hydrogens is 533 g/mol. The molecule has 1 N–H and O–H groups in total. The maximum absolute atomic E-state index is 13.8. The van der Waals surface area contributed by atoms with Crippen molar-refractivity contribution in [3.8, 4) is 0 Å². The number of halogens is 2. The molecule has 1 aliphatic carbocycles. The molecule has 202 valence electrons. The summed E-state index contributed by atoms with van der Waals surface area (Å²) in [5, 5.41) is 3.35. The van der Waals surface area contributed by atoms with E-state index in [-0.39, 0.29) is 34.2 Å². The molecular formula is C27H35Cl2N3O4S. The van der Waals surface area contributed by atoms with Crippen molar-refractivity contribution in [2.24, 2.45) is 0 Å². The average molecular weight is 569 g/mol. The van der Waals surface area contributed by atoms with Crippen LogP contribution in [0.15, 0.2) is 48.5 Å². The Kier molecular flexibility index (Phi) is 10.7. The van der Waals surface area contributed by atoms with Crippen molar-refractivity contribution in [3.63, 3.8) is 0 Å². The van der Waals surface area contributed by atoms with Gasteiger partial charge in [0.2, 0.25) is 21.8 Å². The Bertz CT molecular complexity index is 1170. The number of carbonyl (C=O) groups excluding carboxylic acids is 2. The van der Waals surface area contributed by atoms with Gasteiger partial charge < -0.3 is 10.2 Å². The van der Waals surface area contributed by atoms with Crippen LogP contribution in [-0.2, 0) is 26.0 Å². The normalized spacial score (nSPS) is 15.1. The van der Waals surface area contributed by atoms with Crippen LogP contribution in [0.4, 0.5) is 5.69 Å². The zero-order chi connectivity index (χ0) is 27.0. The Labute approximate surface area is 230 Å². The van der Waals surface area contributed by atoms with Crippen LogP contribution in [0.2, 0.25) is 10.0 Å². The lowest BCUT2D eigenvalue weighted by Crippen LogP contribution is -2.54. The summed E-state index contributed by atoms with van der Waals surface area (Å²) in [6.07, 6.45) is 7.10.